The first kappa shape index (κ1) is 19.2. The van der Waals surface area contributed by atoms with Crippen LogP contribution in [0.2, 0.25) is 0 Å². The lowest BCUT2D eigenvalue weighted by molar-refractivity contribution is -0.139. The number of rotatable bonds is 4. The van der Waals surface area contributed by atoms with E-state index in [1.165, 1.54) is 0 Å². The van der Waals surface area contributed by atoms with Crippen LogP contribution in [0.5, 0.6) is 11.8 Å². The van der Waals surface area contributed by atoms with Crippen LogP contribution in [0.15, 0.2) is 6.07 Å². The van der Waals surface area contributed by atoms with Crippen molar-refractivity contribution in [1.29, 1.82) is 0 Å². The van der Waals surface area contributed by atoms with E-state index in [2.05, 4.69) is 19.8 Å². The van der Waals surface area contributed by atoms with Gasteiger partial charge in [0.25, 0.3) is 0 Å². The Labute approximate surface area is 165 Å². The highest BCUT2D eigenvalue weighted by Crippen LogP contribution is 2.43. The molecule has 3 fully saturated rings. The molecule has 1 aromatic rings. The quantitative estimate of drug-likeness (QED) is 0.836. The van der Waals surface area contributed by atoms with Gasteiger partial charge in [-0.05, 0) is 44.9 Å². The number of nitrogens with zero attached hydrogens (tertiary/aromatic N) is 4. The summed E-state index contributed by atoms with van der Waals surface area (Å²) in [6.45, 7) is 2.27. The zero-order chi connectivity index (χ0) is 19.7. The fourth-order valence-corrected chi connectivity index (χ4v) is 4.99. The van der Waals surface area contributed by atoms with E-state index in [0.717, 1.165) is 58.0 Å². The predicted molar refractivity (Wildman–Crippen MR) is 104 cm³/mol. The van der Waals surface area contributed by atoms with E-state index < -0.39 is 0 Å². The number of carbonyl (C=O) groups is 1. The molecule has 4 rings (SSSR count). The summed E-state index contributed by atoms with van der Waals surface area (Å²) in [5.74, 6) is 1.75. The molecule has 1 spiro atoms. The molecule has 1 saturated carbocycles. The number of aromatic nitrogens is 2. The van der Waals surface area contributed by atoms with Crippen molar-refractivity contribution < 1.29 is 19.4 Å². The SMILES string of the molecule is COc1cc(OC)nc(N2CCC[C@]3(CCN([C@H]4CC[C@H](O)CC4)C3=O)C2)n1. The maximum atomic E-state index is 13.4. The normalized spacial score (nSPS) is 30.8. The number of anilines is 1. The van der Waals surface area contributed by atoms with Gasteiger partial charge in [0.1, 0.15) is 0 Å². The molecule has 0 radical (unpaired) electrons. The minimum Gasteiger partial charge on any atom is -0.481 e. The summed E-state index contributed by atoms with van der Waals surface area (Å²) in [7, 11) is 3.14. The molecule has 0 bridgehead atoms. The topological polar surface area (TPSA) is 88.0 Å². The van der Waals surface area contributed by atoms with Crippen LogP contribution >= 0.6 is 0 Å². The maximum Gasteiger partial charge on any atom is 0.232 e. The summed E-state index contributed by atoms with van der Waals surface area (Å²) in [4.78, 5) is 26.6. The van der Waals surface area contributed by atoms with E-state index in [-0.39, 0.29) is 23.5 Å². The summed E-state index contributed by atoms with van der Waals surface area (Å²) in [5.41, 5.74) is -0.353. The summed E-state index contributed by atoms with van der Waals surface area (Å²) in [6.07, 6.45) is 5.93. The molecule has 28 heavy (non-hydrogen) atoms. The molecule has 1 aromatic heterocycles. The van der Waals surface area contributed by atoms with Crippen molar-refractivity contribution in [3.8, 4) is 11.8 Å². The fraction of sp³-hybridized carbons (Fsp3) is 0.750. The van der Waals surface area contributed by atoms with Gasteiger partial charge in [-0.25, -0.2) is 0 Å². The van der Waals surface area contributed by atoms with Gasteiger partial charge in [-0.15, -0.1) is 0 Å². The van der Waals surface area contributed by atoms with Gasteiger partial charge in [0.2, 0.25) is 23.6 Å². The first-order valence-electron chi connectivity index (χ1n) is 10.3. The Kier molecular flexibility index (Phi) is 5.31. The van der Waals surface area contributed by atoms with Gasteiger partial charge in [-0.1, -0.05) is 0 Å². The van der Waals surface area contributed by atoms with Gasteiger partial charge in [0.15, 0.2) is 0 Å². The van der Waals surface area contributed by atoms with Crippen molar-refractivity contribution in [3.63, 3.8) is 0 Å². The molecule has 1 N–H and O–H groups in total. The molecule has 3 aliphatic rings. The number of aliphatic hydroxyl groups excluding tert-OH is 1. The lowest BCUT2D eigenvalue weighted by Crippen LogP contribution is -2.50. The smallest absolute Gasteiger partial charge is 0.232 e. The van der Waals surface area contributed by atoms with E-state index in [1.807, 2.05) is 0 Å². The molecule has 154 valence electrons. The predicted octanol–water partition coefficient (Wildman–Crippen LogP) is 1.62. The molecule has 0 unspecified atom stereocenters. The number of ether oxygens (including phenoxy) is 2. The minimum atomic E-state index is -0.353. The molecular weight excluding hydrogens is 360 g/mol. The second kappa shape index (κ2) is 7.73. The Morgan fingerprint density at radius 1 is 1.07 bits per heavy atom. The highest BCUT2D eigenvalue weighted by molar-refractivity contribution is 5.86. The molecule has 1 amide bonds. The number of hydrogen-bond acceptors (Lipinski definition) is 7. The Morgan fingerprint density at radius 2 is 1.75 bits per heavy atom. The summed E-state index contributed by atoms with van der Waals surface area (Å²) in [5, 5.41) is 9.78. The number of carbonyl (C=O) groups excluding carboxylic acids is 1. The van der Waals surface area contributed by atoms with Crippen molar-refractivity contribution in [3.05, 3.63) is 6.07 Å². The van der Waals surface area contributed by atoms with Gasteiger partial charge in [-0.3, -0.25) is 4.79 Å². The molecule has 1 aliphatic carbocycles. The van der Waals surface area contributed by atoms with Crippen molar-refractivity contribution in [2.24, 2.45) is 5.41 Å². The molecule has 3 heterocycles. The van der Waals surface area contributed by atoms with Gasteiger partial charge in [0.05, 0.1) is 31.8 Å². The molecule has 8 nitrogen and oxygen atoms in total. The number of aliphatic hydroxyl groups is 1. The zero-order valence-corrected chi connectivity index (χ0v) is 16.8. The third-order valence-corrected chi connectivity index (χ3v) is 6.60. The summed E-state index contributed by atoms with van der Waals surface area (Å²) in [6, 6.07) is 1.93. The van der Waals surface area contributed by atoms with Crippen LogP contribution in [0.1, 0.15) is 44.9 Å². The highest BCUT2D eigenvalue weighted by Gasteiger charge is 2.51. The van der Waals surface area contributed by atoms with Crippen LogP contribution in [0, 0.1) is 5.41 Å². The minimum absolute atomic E-state index is 0.201. The number of likely N-dealkylation sites (tertiary alicyclic amines) is 1. The Balaban J connectivity index is 1.51. The number of hydrogen-bond donors (Lipinski definition) is 1. The van der Waals surface area contributed by atoms with Crippen LogP contribution < -0.4 is 14.4 Å². The van der Waals surface area contributed by atoms with Crippen molar-refractivity contribution >= 4 is 11.9 Å². The van der Waals surface area contributed by atoms with Crippen molar-refractivity contribution in [2.75, 3.05) is 38.8 Å². The van der Waals surface area contributed by atoms with Crippen LogP contribution in [0.25, 0.3) is 0 Å². The average molecular weight is 390 g/mol. The van der Waals surface area contributed by atoms with E-state index in [4.69, 9.17) is 9.47 Å². The number of methoxy groups -OCH3 is 2. The van der Waals surface area contributed by atoms with Gasteiger partial charge in [-0.2, -0.15) is 9.97 Å². The zero-order valence-electron chi connectivity index (χ0n) is 16.8. The van der Waals surface area contributed by atoms with Crippen LogP contribution in [-0.4, -0.2) is 71.9 Å². The standard InChI is InChI=1S/C20H30N4O4/c1-27-16-12-17(28-2)22-19(21-16)23-10-3-8-20(13-23)9-11-24(18(20)26)14-4-6-15(25)7-5-14/h12,14-15,25H,3-11,13H2,1-2H3/t14-,15-,20-/m0/s1. The summed E-state index contributed by atoms with van der Waals surface area (Å²) < 4.78 is 10.6. The maximum absolute atomic E-state index is 13.4. The highest BCUT2D eigenvalue weighted by atomic mass is 16.5. The molecule has 8 heteroatoms. The second-order valence-electron chi connectivity index (χ2n) is 8.27. The van der Waals surface area contributed by atoms with Gasteiger partial charge >= 0.3 is 0 Å². The van der Waals surface area contributed by atoms with Gasteiger partial charge in [0, 0.05) is 25.7 Å². The van der Waals surface area contributed by atoms with E-state index in [1.54, 1.807) is 20.3 Å². The Morgan fingerprint density at radius 3 is 2.39 bits per heavy atom. The van der Waals surface area contributed by atoms with Crippen LogP contribution in [-0.2, 0) is 4.79 Å². The largest absolute Gasteiger partial charge is 0.481 e. The second-order valence-corrected chi connectivity index (χ2v) is 8.27. The third kappa shape index (κ3) is 3.50. The first-order chi connectivity index (χ1) is 13.5. The fourth-order valence-electron chi connectivity index (χ4n) is 4.99. The Bertz CT molecular complexity index is 700. The van der Waals surface area contributed by atoms with Crippen molar-refractivity contribution in [2.45, 2.75) is 57.1 Å². The van der Waals surface area contributed by atoms with Gasteiger partial charge < -0.3 is 24.4 Å². The van der Waals surface area contributed by atoms with Crippen LogP contribution in [0.3, 0.4) is 0 Å². The molecule has 2 saturated heterocycles. The monoisotopic (exact) mass is 390 g/mol. The summed E-state index contributed by atoms with van der Waals surface area (Å²) >= 11 is 0. The molecule has 0 aromatic carbocycles. The average Bonchev–Trinajstić information content (AvgIpc) is 3.03. The molecule has 1 atom stereocenters. The van der Waals surface area contributed by atoms with Crippen molar-refractivity contribution in [1.82, 2.24) is 14.9 Å². The molecule has 2 aliphatic heterocycles. The number of piperidine rings is 1. The Hall–Kier alpha value is -2.09. The van der Waals surface area contributed by atoms with E-state index in [0.29, 0.717) is 24.3 Å². The lowest BCUT2D eigenvalue weighted by atomic mass is 9.78. The molecular formula is C20H30N4O4. The first-order valence-corrected chi connectivity index (χ1v) is 10.3. The lowest BCUT2D eigenvalue weighted by Gasteiger charge is -2.40. The van der Waals surface area contributed by atoms with E-state index in [9.17, 15) is 9.90 Å². The van der Waals surface area contributed by atoms with Crippen LogP contribution in [0.4, 0.5) is 5.95 Å². The van der Waals surface area contributed by atoms with E-state index >= 15 is 0 Å². The third-order valence-electron chi connectivity index (χ3n) is 6.60. The number of amides is 1.